The largest absolute Gasteiger partial charge is 0.343 e. The molecule has 3 heterocycles. The summed E-state index contributed by atoms with van der Waals surface area (Å²) in [5, 5.41) is 12.8. The van der Waals surface area contributed by atoms with Gasteiger partial charge in [0.2, 0.25) is 0 Å². The van der Waals surface area contributed by atoms with Gasteiger partial charge in [0.25, 0.3) is 5.56 Å². The highest BCUT2D eigenvalue weighted by Gasteiger charge is 2.42. The number of allylic oxidation sites excluding steroid dienone is 2. The lowest BCUT2D eigenvalue weighted by atomic mass is 9.69. The van der Waals surface area contributed by atoms with E-state index in [0.717, 1.165) is 23.3 Å². The first-order valence-corrected chi connectivity index (χ1v) is 8.26. The van der Waals surface area contributed by atoms with Crippen LogP contribution in [0.2, 0.25) is 0 Å². The van der Waals surface area contributed by atoms with E-state index in [-0.39, 0.29) is 22.7 Å². The van der Waals surface area contributed by atoms with Gasteiger partial charge in [-0.25, -0.2) is 0 Å². The molecule has 114 valence electrons. The molecule has 1 aliphatic carbocycles. The third-order valence-electron chi connectivity index (χ3n) is 4.46. The number of fused-ring (bicyclic) bond motifs is 1. The fourth-order valence-corrected chi connectivity index (χ4v) is 4.28. The Morgan fingerprint density at radius 1 is 1.23 bits per heavy atom. The van der Waals surface area contributed by atoms with E-state index in [9.17, 15) is 9.59 Å². The van der Waals surface area contributed by atoms with Crippen molar-refractivity contribution in [3.8, 4) is 0 Å². The van der Waals surface area contributed by atoms with E-state index in [0.29, 0.717) is 17.8 Å². The number of carbonyl (C=O) groups excluding carboxylic acids is 1. The van der Waals surface area contributed by atoms with Crippen molar-refractivity contribution in [3.05, 3.63) is 49.6 Å². The molecule has 2 aromatic rings. The first kappa shape index (κ1) is 13.6. The Hall–Kier alpha value is -2.08. The molecule has 0 saturated carbocycles. The molecule has 0 fully saturated rings. The molecule has 3 N–H and O–H groups in total. The molecule has 2 aliphatic rings. The lowest BCUT2D eigenvalue weighted by molar-refractivity contribution is -0.118. The average Bonchev–Trinajstić information content (AvgIpc) is 3.05. The predicted octanol–water partition coefficient (Wildman–Crippen LogP) is 2.97. The fourth-order valence-electron chi connectivity index (χ4n) is 3.59. The number of Topliss-reactive ketones (excluding diaryl/α,β-unsaturated/α-hetero) is 1. The number of carbonyl (C=O) groups is 1. The molecule has 0 saturated heterocycles. The SMILES string of the molecule is CC1(C)CC(=O)C2=C(C1)Nc1[nH][nH]c(=O)c1[C@@H]2c1ccsc1. The van der Waals surface area contributed by atoms with Gasteiger partial charge in [0, 0.05) is 23.6 Å². The normalized spacial score (nSPS) is 23.0. The molecule has 6 heteroatoms. The highest BCUT2D eigenvalue weighted by atomic mass is 32.1. The third kappa shape index (κ3) is 1.90. The van der Waals surface area contributed by atoms with Gasteiger partial charge in [0.1, 0.15) is 5.82 Å². The summed E-state index contributed by atoms with van der Waals surface area (Å²) in [6.07, 6.45) is 1.33. The minimum Gasteiger partial charge on any atom is -0.343 e. The number of aromatic amines is 2. The Morgan fingerprint density at radius 2 is 2.05 bits per heavy atom. The second-order valence-electron chi connectivity index (χ2n) is 6.82. The number of ketones is 1. The Kier molecular flexibility index (Phi) is 2.75. The summed E-state index contributed by atoms with van der Waals surface area (Å²) < 4.78 is 0. The quantitative estimate of drug-likeness (QED) is 0.757. The van der Waals surface area contributed by atoms with Gasteiger partial charge in [-0.05, 0) is 34.2 Å². The minimum atomic E-state index is -0.268. The van der Waals surface area contributed by atoms with E-state index < -0.39 is 0 Å². The molecule has 4 rings (SSSR count). The predicted molar refractivity (Wildman–Crippen MR) is 86.2 cm³/mol. The van der Waals surface area contributed by atoms with Crippen LogP contribution in [0.25, 0.3) is 0 Å². The third-order valence-corrected chi connectivity index (χ3v) is 5.17. The van der Waals surface area contributed by atoms with Crippen molar-refractivity contribution >= 4 is 22.9 Å². The summed E-state index contributed by atoms with van der Waals surface area (Å²) in [5.74, 6) is 0.558. The van der Waals surface area contributed by atoms with Crippen molar-refractivity contribution in [3.63, 3.8) is 0 Å². The summed E-state index contributed by atoms with van der Waals surface area (Å²) in [6, 6.07) is 1.99. The zero-order chi connectivity index (χ0) is 15.5. The van der Waals surface area contributed by atoms with E-state index >= 15 is 0 Å². The molecule has 22 heavy (non-hydrogen) atoms. The molecule has 0 bridgehead atoms. The number of nitrogens with one attached hydrogen (secondary N) is 3. The van der Waals surface area contributed by atoms with E-state index in [2.05, 4.69) is 29.4 Å². The molecule has 0 amide bonds. The summed E-state index contributed by atoms with van der Waals surface area (Å²) >= 11 is 1.58. The summed E-state index contributed by atoms with van der Waals surface area (Å²) in [5.41, 5.74) is 3.11. The Bertz CT molecular complexity index is 839. The van der Waals surface area contributed by atoms with E-state index in [4.69, 9.17) is 0 Å². The number of hydrogen-bond donors (Lipinski definition) is 3. The Labute approximate surface area is 131 Å². The van der Waals surface area contributed by atoms with Crippen LogP contribution in [0.1, 0.15) is 43.7 Å². The molecule has 1 atom stereocenters. The van der Waals surface area contributed by atoms with Crippen LogP contribution < -0.4 is 10.9 Å². The topological polar surface area (TPSA) is 77.8 Å². The maximum Gasteiger partial charge on any atom is 0.270 e. The van der Waals surface area contributed by atoms with Gasteiger partial charge >= 0.3 is 0 Å². The van der Waals surface area contributed by atoms with Crippen LogP contribution >= 0.6 is 11.3 Å². The number of aromatic nitrogens is 2. The van der Waals surface area contributed by atoms with Gasteiger partial charge in [0.15, 0.2) is 5.78 Å². The van der Waals surface area contributed by atoms with Crippen molar-refractivity contribution < 1.29 is 4.79 Å². The summed E-state index contributed by atoms with van der Waals surface area (Å²) in [6.45, 7) is 4.21. The smallest absolute Gasteiger partial charge is 0.270 e. The van der Waals surface area contributed by atoms with E-state index in [1.54, 1.807) is 11.3 Å². The van der Waals surface area contributed by atoms with Crippen LogP contribution in [0.3, 0.4) is 0 Å². The number of hydrogen-bond acceptors (Lipinski definition) is 4. The van der Waals surface area contributed by atoms with Gasteiger partial charge in [-0.3, -0.25) is 19.8 Å². The summed E-state index contributed by atoms with van der Waals surface area (Å²) in [4.78, 5) is 25.0. The van der Waals surface area contributed by atoms with Crippen molar-refractivity contribution in [2.24, 2.45) is 5.41 Å². The van der Waals surface area contributed by atoms with Crippen LogP contribution in [-0.2, 0) is 4.79 Å². The zero-order valence-corrected chi connectivity index (χ0v) is 13.3. The van der Waals surface area contributed by atoms with Crippen LogP contribution in [0.5, 0.6) is 0 Å². The first-order chi connectivity index (χ1) is 10.5. The molecule has 2 aromatic heterocycles. The second-order valence-corrected chi connectivity index (χ2v) is 7.60. The van der Waals surface area contributed by atoms with Gasteiger partial charge in [-0.1, -0.05) is 13.8 Å². The number of H-pyrrole nitrogens is 2. The van der Waals surface area contributed by atoms with Crippen molar-refractivity contribution in [2.45, 2.75) is 32.6 Å². The Morgan fingerprint density at radius 3 is 2.77 bits per heavy atom. The van der Waals surface area contributed by atoms with Crippen LogP contribution in [0.4, 0.5) is 5.82 Å². The van der Waals surface area contributed by atoms with E-state index in [1.807, 2.05) is 16.8 Å². The van der Waals surface area contributed by atoms with Crippen LogP contribution in [0.15, 0.2) is 32.9 Å². The molecular weight excluding hydrogens is 298 g/mol. The van der Waals surface area contributed by atoms with Crippen molar-refractivity contribution in [2.75, 3.05) is 5.32 Å². The number of rotatable bonds is 1. The minimum absolute atomic E-state index is 0.0593. The lowest BCUT2D eigenvalue weighted by Gasteiger charge is -2.37. The van der Waals surface area contributed by atoms with Gasteiger partial charge in [0.05, 0.1) is 5.56 Å². The molecular formula is C16H17N3O2S. The molecule has 0 aromatic carbocycles. The second kappa shape index (κ2) is 4.46. The van der Waals surface area contributed by atoms with Crippen molar-refractivity contribution in [1.82, 2.24) is 10.2 Å². The maximum atomic E-state index is 12.8. The van der Waals surface area contributed by atoms with Gasteiger partial charge in [-0.15, -0.1) is 0 Å². The Balaban J connectivity index is 1.96. The molecule has 1 aliphatic heterocycles. The molecule has 0 unspecified atom stereocenters. The van der Waals surface area contributed by atoms with Gasteiger partial charge in [-0.2, -0.15) is 11.3 Å². The highest BCUT2D eigenvalue weighted by molar-refractivity contribution is 7.08. The monoisotopic (exact) mass is 315 g/mol. The lowest BCUT2D eigenvalue weighted by Crippen LogP contribution is -2.34. The van der Waals surface area contributed by atoms with E-state index in [1.165, 1.54) is 0 Å². The highest BCUT2D eigenvalue weighted by Crippen LogP contribution is 2.47. The molecule has 5 nitrogen and oxygen atoms in total. The average molecular weight is 315 g/mol. The standard InChI is InChI=1S/C16H17N3O2S/c1-16(2)5-9-12(10(20)6-16)11(8-3-4-22-7-8)13-14(17-9)18-19-15(13)21/h3-4,7,11H,5-6H2,1-2H3,(H3,17,18,19,21)/t11-/m1/s1. The maximum absolute atomic E-state index is 12.8. The van der Waals surface area contributed by atoms with Crippen LogP contribution in [-0.4, -0.2) is 16.0 Å². The number of anilines is 1. The molecule has 0 radical (unpaired) electrons. The fraction of sp³-hybridized carbons (Fsp3) is 0.375. The van der Waals surface area contributed by atoms with Crippen LogP contribution in [0, 0.1) is 5.41 Å². The molecule has 0 spiro atoms. The van der Waals surface area contributed by atoms with Crippen molar-refractivity contribution in [1.29, 1.82) is 0 Å². The first-order valence-electron chi connectivity index (χ1n) is 7.32. The van der Waals surface area contributed by atoms with Gasteiger partial charge < -0.3 is 5.32 Å². The zero-order valence-electron chi connectivity index (χ0n) is 12.4. The summed E-state index contributed by atoms with van der Waals surface area (Å²) in [7, 11) is 0. The number of thiophene rings is 1.